The molecule has 4 nitrogen and oxygen atoms in total. The molecule has 106 valence electrons. The van der Waals surface area contributed by atoms with Crippen LogP contribution in [0.5, 0.6) is 0 Å². The van der Waals surface area contributed by atoms with Crippen LogP contribution >= 0.6 is 22.9 Å². The Labute approximate surface area is 131 Å². The molecule has 3 aromatic rings. The number of rotatable bonds is 3. The Morgan fingerprint density at radius 2 is 1.95 bits per heavy atom. The molecule has 0 atom stereocenters. The first-order chi connectivity index (χ1) is 10.1. The Hall–Kier alpha value is -2.11. The van der Waals surface area contributed by atoms with Crippen molar-refractivity contribution in [3.8, 4) is 5.13 Å². The molecule has 0 unspecified atom stereocenters. The summed E-state index contributed by atoms with van der Waals surface area (Å²) in [6.45, 7) is 1.82. The van der Waals surface area contributed by atoms with Gasteiger partial charge in [-0.1, -0.05) is 35.1 Å². The van der Waals surface area contributed by atoms with Crippen molar-refractivity contribution in [1.82, 2.24) is 9.55 Å². The van der Waals surface area contributed by atoms with E-state index < -0.39 is 0 Å². The zero-order chi connectivity index (χ0) is 14.8. The third-order valence-electron chi connectivity index (χ3n) is 2.94. The number of carbonyl (C=O) groups excluding carboxylic acids is 1. The number of thiazole rings is 1. The molecule has 0 aliphatic rings. The van der Waals surface area contributed by atoms with Crippen molar-refractivity contribution in [3.63, 3.8) is 0 Å². The molecule has 0 saturated carbocycles. The topological polar surface area (TPSA) is 46.9 Å². The van der Waals surface area contributed by atoms with Crippen LogP contribution in [0.4, 0.5) is 5.69 Å². The number of para-hydroxylation sites is 1. The summed E-state index contributed by atoms with van der Waals surface area (Å²) in [4.78, 5) is 17.4. The Morgan fingerprint density at radius 1 is 1.24 bits per heavy atom. The van der Waals surface area contributed by atoms with Crippen LogP contribution in [-0.4, -0.2) is 15.5 Å². The number of hydrogen-bond acceptors (Lipinski definition) is 3. The average molecular weight is 318 g/mol. The fraction of sp³-hybridized carbons (Fsp3) is 0.0667. The third-order valence-corrected chi connectivity index (χ3v) is 4.44. The van der Waals surface area contributed by atoms with Crippen molar-refractivity contribution in [2.45, 2.75) is 6.92 Å². The number of nitrogens with one attached hydrogen (secondary N) is 1. The first-order valence-corrected chi connectivity index (χ1v) is 7.51. The van der Waals surface area contributed by atoms with E-state index in [1.165, 1.54) is 11.3 Å². The van der Waals surface area contributed by atoms with Gasteiger partial charge in [-0.3, -0.25) is 4.79 Å². The van der Waals surface area contributed by atoms with Crippen molar-refractivity contribution in [2.24, 2.45) is 0 Å². The summed E-state index contributed by atoms with van der Waals surface area (Å²) in [5, 5.41) is 4.09. The summed E-state index contributed by atoms with van der Waals surface area (Å²) in [5.74, 6) is -0.198. The molecule has 3 rings (SSSR count). The average Bonchev–Trinajstić information content (AvgIpc) is 3.10. The van der Waals surface area contributed by atoms with Crippen LogP contribution in [0.1, 0.15) is 15.4 Å². The first-order valence-electron chi connectivity index (χ1n) is 6.32. The lowest BCUT2D eigenvalue weighted by molar-refractivity contribution is 0.103. The molecule has 2 heterocycles. The van der Waals surface area contributed by atoms with E-state index in [4.69, 9.17) is 11.6 Å². The quantitative estimate of drug-likeness (QED) is 0.789. The molecule has 0 spiro atoms. The number of hydrogen-bond donors (Lipinski definition) is 1. The second-order valence-corrected chi connectivity index (χ2v) is 5.82. The number of amides is 1. The Balaban J connectivity index is 1.87. The smallest absolute Gasteiger partial charge is 0.267 e. The molecular weight excluding hydrogens is 306 g/mol. The number of carbonyl (C=O) groups is 1. The molecule has 1 N–H and O–H groups in total. The van der Waals surface area contributed by atoms with Crippen molar-refractivity contribution < 1.29 is 4.79 Å². The fourth-order valence-corrected chi connectivity index (χ4v) is 3.02. The van der Waals surface area contributed by atoms with Crippen LogP contribution in [-0.2, 0) is 0 Å². The molecule has 0 radical (unpaired) electrons. The number of aryl methyl sites for hydroxylation is 1. The van der Waals surface area contributed by atoms with E-state index in [2.05, 4.69) is 10.3 Å². The lowest BCUT2D eigenvalue weighted by Gasteiger charge is -2.05. The lowest BCUT2D eigenvalue weighted by Crippen LogP contribution is -2.11. The largest absolute Gasteiger partial charge is 0.320 e. The molecule has 0 bridgehead atoms. The van der Waals surface area contributed by atoms with Crippen molar-refractivity contribution >= 4 is 34.5 Å². The van der Waals surface area contributed by atoms with Gasteiger partial charge >= 0.3 is 0 Å². The van der Waals surface area contributed by atoms with E-state index in [1.54, 1.807) is 12.1 Å². The fourth-order valence-electron chi connectivity index (χ4n) is 1.91. The second kappa shape index (κ2) is 5.71. The van der Waals surface area contributed by atoms with Gasteiger partial charge in [0.25, 0.3) is 5.91 Å². The van der Waals surface area contributed by atoms with Crippen LogP contribution < -0.4 is 5.32 Å². The number of nitrogens with zero attached hydrogens (tertiary/aromatic N) is 2. The summed E-state index contributed by atoms with van der Waals surface area (Å²) in [6.07, 6.45) is 3.79. The first kappa shape index (κ1) is 13.9. The molecule has 0 aliphatic heterocycles. The number of anilines is 1. The van der Waals surface area contributed by atoms with Gasteiger partial charge in [0.2, 0.25) is 0 Å². The Bertz CT molecular complexity index is 780. The van der Waals surface area contributed by atoms with Crippen molar-refractivity contribution in [2.75, 3.05) is 5.32 Å². The standard InChI is InChI=1S/C15H12ClN3OS/c1-10-13(21-15(17-10)19-8-4-5-9-19)14(20)18-12-7-3-2-6-11(12)16/h2-9H,1H3,(H,18,20). The van der Waals surface area contributed by atoms with Gasteiger partial charge in [-0.25, -0.2) is 4.98 Å². The summed E-state index contributed by atoms with van der Waals surface area (Å²) in [6, 6.07) is 11.0. The minimum absolute atomic E-state index is 0.198. The Morgan fingerprint density at radius 3 is 2.67 bits per heavy atom. The minimum Gasteiger partial charge on any atom is -0.320 e. The van der Waals surface area contributed by atoms with Gasteiger partial charge in [0.15, 0.2) is 5.13 Å². The highest BCUT2D eigenvalue weighted by molar-refractivity contribution is 7.16. The summed E-state index contributed by atoms with van der Waals surface area (Å²) < 4.78 is 1.88. The molecule has 0 fully saturated rings. The summed E-state index contributed by atoms with van der Waals surface area (Å²) in [7, 11) is 0. The van der Waals surface area contributed by atoms with Crippen LogP contribution in [0.3, 0.4) is 0 Å². The highest BCUT2D eigenvalue weighted by atomic mass is 35.5. The van der Waals surface area contributed by atoms with Crippen molar-refractivity contribution in [3.05, 3.63) is 64.4 Å². The molecule has 21 heavy (non-hydrogen) atoms. The van der Waals surface area contributed by atoms with Gasteiger partial charge in [0.1, 0.15) is 4.88 Å². The SMILES string of the molecule is Cc1nc(-n2cccc2)sc1C(=O)Nc1ccccc1Cl. The van der Waals surface area contributed by atoms with E-state index in [0.29, 0.717) is 21.3 Å². The highest BCUT2D eigenvalue weighted by Crippen LogP contribution is 2.25. The van der Waals surface area contributed by atoms with Gasteiger partial charge < -0.3 is 9.88 Å². The van der Waals surface area contributed by atoms with E-state index in [1.807, 2.05) is 48.1 Å². The number of aromatic nitrogens is 2. The molecular formula is C15H12ClN3OS. The van der Waals surface area contributed by atoms with Gasteiger partial charge in [0, 0.05) is 12.4 Å². The van der Waals surface area contributed by atoms with Crippen LogP contribution in [0, 0.1) is 6.92 Å². The molecule has 0 saturated heterocycles. The van der Waals surface area contributed by atoms with E-state index >= 15 is 0 Å². The zero-order valence-corrected chi connectivity index (χ0v) is 12.8. The summed E-state index contributed by atoms with van der Waals surface area (Å²) in [5.41, 5.74) is 1.30. The van der Waals surface area contributed by atoms with Crippen LogP contribution in [0.2, 0.25) is 5.02 Å². The maximum atomic E-state index is 12.4. The lowest BCUT2D eigenvalue weighted by atomic mass is 10.3. The predicted octanol–water partition coefficient (Wildman–Crippen LogP) is 4.15. The third kappa shape index (κ3) is 2.84. The monoisotopic (exact) mass is 317 g/mol. The second-order valence-electron chi connectivity index (χ2n) is 4.44. The van der Waals surface area contributed by atoms with E-state index in [9.17, 15) is 4.79 Å². The number of benzene rings is 1. The normalized spacial score (nSPS) is 10.6. The van der Waals surface area contributed by atoms with Gasteiger partial charge in [-0.15, -0.1) is 0 Å². The van der Waals surface area contributed by atoms with Gasteiger partial charge in [-0.05, 0) is 31.2 Å². The molecule has 1 aromatic carbocycles. The molecule has 0 aliphatic carbocycles. The van der Waals surface area contributed by atoms with Crippen molar-refractivity contribution in [1.29, 1.82) is 0 Å². The van der Waals surface area contributed by atoms with Gasteiger partial charge in [-0.2, -0.15) is 0 Å². The highest BCUT2D eigenvalue weighted by Gasteiger charge is 2.16. The van der Waals surface area contributed by atoms with Gasteiger partial charge in [0.05, 0.1) is 16.4 Å². The zero-order valence-electron chi connectivity index (χ0n) is 11.2. The maximum Gasteiger partial charge on any atom is 0.267 e. The number of halogens is 1. The van der Waals surface area contributed by atoms with Crippen LogP contribution in [0.15, 0.2) is 48.8 Å². The molecule has 2 aromatic heterocycles. The summed E-state index contributed by atoms with van der Waals surface area (Å²) >= 11 is 7.40. The van der Waals surface area contributed by atoms with E-state index in [0.717, 1.165) is 5.13 Å². The molecule has 1 amide bonds. The molecule has 6 heteroatoms. The Kier molecular flexibility index (Phi) is 3.77. The van der Waals surface area contributed by atoms with E-state index in [-0.39, 0.29) is 5.91 Å². The maximum absolute atomic E-state index is 12.4. The predicted molar refractivity (Wildman–Crippen MR) is 85.6 cm³/mol. The van der Waals surface area contributed by atoms with Crippen LogP contribution in [0.25, 0.3) is 5.13 Å². The minimum atomic E-state index is -0.198.